The van der Waals surface area contributed by atoms with Gasteiger partial charge in [0.2, 0.25) is 0 Å². The molecule has 0 fully saturated rings. The molecule has 1 aliphatic heterocycles. The summed E-state index contributed by atoms with van der Waals surface area (Å²) < 4.78 is 5.25. The molecule has 68 valence electrons. The second-order valence-electron chi connectivity index (χ2n) is 3.39. The summed E-state index contributed by atoms with van der Waals surface area (Å²) >= 11 is 0. The van der Waals surface area contributed by atoms with Crippen molar-refractivity contribution >= 4 is 5.97 Å². The van der Waals surface area contributed by atoms with Crippen LogP contribution in [0.3, 0.4) is 0 Å². The number of hydrogen-bond donors (Lipinski definition) is 0. The van der Waals surface area contributed by atoms with E-state index in [9.17, 15) is 4.79 Å². The minimum Gasteiger partial charge on any atom is -0.426 e. The molecule has 0 unspecified atom stereocenters. The maximum Gasteiger partial charge on any atom is 0.311 e. The van der Waals surface area contributed by atoms with Crippen LogP contribution >= 0.6 is 0 Å². The van der Waals surface area contributed by atoms with Crippen molar-refractivity contribution in [1.29, 1.82) is 0 Å². The first-order valence-electron chi connectivity index (χ1n) is 4.56. The number of fused-ring (bicyclic) bond motifs is 1. The Labute approximate surface area is 77.5 Å². The Kier molecular flexibility index (Phi) is 2.05. The largest absolute Gasteiger partial charge is 0.426 e. The highest BCUT2D eigenvalue weighted by Gasteiger charge is 2.15. The lowest BCUT2D eigenvalue weighted by atomic mass is 10.1. The fourth-order valence-electron chi connectivity index (χ4n) is 1.64. The Morgan fingerprint density at radius 2 is 2.15 bits per heavy atom. The highest BCUT2D eigenvalue weighted by Crippen LogP contribution is 2.27. The number of aryl methyl sites for hydroxylation is 2. The maximum absolute atomic E-state index is 11.2. The van der Waals surface area contributed by atoms with Crippen LogP contribution in [0.15, 0.2) is 18.2 Å². The third kappa shape index (κ3) is 1.57. The minimum absolute atomic E-state index is 0.104. The van der Waals surface area contributed by atoms with Gasteiger partial charge in [-0.25, -0.2) is 0 Å². The second-order valence-corrected chi connectivity index (χ2v) is 3.39. The first kappa shape index (κ1) is 8.30. The lowest BCUT2D eigenvalue weighted by Gasteiger charge is -2.07. The molecule has 0 N–H and O–H groups in total. The molecule has 2 nitrogen and oxygen atoms in total. The number of para-hydroxylation sites is 1. The zero-order chi connectivity index (χ0) is 9.26. The van der Waals surface area contributed by atoms with Crippen LogP contribution in [0.1, 0.15) is 24.0 Å². The van der Waals surface area contributed by atoms with Gasteiger partial charge in [-0.1, -0.05) is 18.2 Å². The predicted molar refractivity (Wildman–Crippen MR) is 49.8 cm³/mol. The first-order chi connectivity index (χ1) is 6.27. The first-order valence-corrected chi connectivity index (χ1v) is 4.56. The zero-order valence-electron chi connectivity index (χ0n) is 7.67. The van der Waals surface area contributed by atoms with Crippen LogP contribution in [0, 0.1) is 6.92 Å². The van der Waals surface area contributed by atoms with Crippen molar-refractivity contribution in [2.45, 2.75) is 26.2 Å². The lowest BCUT2D eigenvalue weighted by Crippen LogP contribution is -2.06. The SMILES string of the molecule is Cc1cccc2c1OC(=O)CCC2. The van der Waals surface area contributed by atoms with E-state index in [0.717, 1.165) is 29.7 Å². The van der Waals surface area contributed by atoms with Gasteiger partial charge in [0.1, 0.15) is 5.75 Å². The fraction of sp³-hybridized carbons (Fsp3) is 0.364. The molecule has 0 amide bonds. The van der Waals surface area contributed by atoms with Crippen molar-refractivity contribution in [1.82, 2.24) is 0 Å². The molecule has 0 spiro atoms. The van der Waals surface area contributed by atoms with Crippen LogP contribution in [0.4, 0.5) is 0 Å². The molecular weight excluding hydrogens is 164 g/mol. The summed E-state index contributed by atoms with van der Waals surface area (Å²) in [4.78, 5) is 11.2. The summed E-state index contributed by atoms with van der Waals surface area (Å²) in [6.45, 7) is 1.97. The van der Waals surface area contributed by atoms with Crippen LogP contribution in [0.5, 0.6) is 5.75 Å². The summed E-state index contributed by atoms with van der Waals surface area (Å²) in [6.07, 6.45) is 2.38. The number of hydrogen-bond acceptors (Lipinski definition) is 2. The molecule has 0 atom stereocenters. The van der Waals surface area contributed by atoms with Crippen molar-refractivity contribution < 1.29 is 9.53 Å². The van der Waals surface area contributed by atoms with E-state index in [-0.39, 0.29) is 5.97 Å². The molecule has 0 saturated carbocycles. The highest BCUT2D eigenvalue weighted by molar-refractivity contribution is 5.74. The van der Waals surface area contributed by atoms with Crippen molar-refractivity contribution in [3.05, 3.63) is 29.3 Å². The average molecular weight is 176 g/mol. The van der Waals surface area contributed by atoms with Gasteiger partial charge in [-0.05, 0) is 30.9 Å². The van der Waals surface area contributed by atoms with Crippen LogP contribution < -0.4 is 4.74 Å². The molecule has 2 heteroatoms. The monoisotopic (exact) mass is 176 g/mol. The molecule has 1 heterocycles. The third-order valence-electron chi connectivity index (χ3n) is 2.34. The molecule has 1 aromatic carbocycles. The fourth-order valence-corrected chi connectivity index (χ4v) is 1.64. The van der Waals surface area contributed by atoms with Crippen LogP contribution in [0.2, 0.25) is 0 Å². The average Bonchev–Trinajstić information content (AvgIpc) is 2.28. The number of benzene rings is 1. The van der Waals surface area contributed by atoms with E-state index in [0.29, 0.717) is 6.42 Å². The second kappa shape index (κ2) is 3.21. The summed E-state index contributed by atoms with van der Waals surface area (Å²) in [5.74, 6) is 0.679. The smallest absolute Gasteiger partial charge is 0.311 e. The van der Waals surface area contributed by atoms with Crippen molar-refractivity contribution in [3.8, 4) is 5.75 Å². The van der Waals surface area contributed by atoms with Crippen LogP contribution in [-0.4, -0.2) is 5.97 Å². The number of esters is 1. The molecule has 0 radical (unpaired) electrons. The van der Waals surface area contributed by atoms with E-state index in [1.165, 1.54) is 0 Å². The van der Waals surface area contributed by atoms with E-state index in [1.54, 1.807) is 0 Å². The molecule has 0 bridgehead atoms. The van der Waals surface area contributed by atoms with Crippen molar-refractivity contribution in [2.24, 2.45) is 0 Å². The molecule has 0 aromatic heterocycles. The quantitative estimate of drug-likeness (QED) is 0.447. The van der Waals surface area contributed by atoms with Gasteiger partial charge in [-0.3, -0.25) is 4.79 Å². The van der Waals surface area contributed by atoms with Crippen LogP contribution in [-0.2, 0) is 11.2 Å². The Bertz CT molecular complexity index is 342. The number of ether oxygens (including phenoxy) is 1. The molecular formula is C11H12O2. The Morgan fingerprint density at radius 3 is 3.00 bits per heavy atom. The van der Waals surface area contributed by atoms with E-state index >= 15 is 0 Å². The standard InChI is InChI=1S/C11H12O2/c1-8-4-2-5-9-6-3-7-10(12)13-11(8)9/h2,4-5H,3,6-7H2,1H3. The van der Waals surface area contributed by atoms with Gasteiger partial charge >= 0.3 is 5.97 Å². The van der Waals surface area contributed by atoms with Gasteiger partial charge < -0.3 is 4.74 Å². The maximum atomic E-state index is 11.2. The molecule has 0 saturated heterocycles. The molecule has 13 heavy (non-hydrogen) atoms. The van der Waals surface area contributed by atoms with E-state index < -0.39 is 0 Å². The van der Waals surface area contributed by atoms with Gasteiger partial charge in [0, 0.05) is 6.42 Å². The predicted octanol–water partition coefficient (Wildman–Crippen LogP) is 2.24. The van der Waals surface area contributed by atoms with E-state index in [1.807, 2.05) is 25.1 Å². The van der Waals surface area contributed by atoms with Gasteiger partial charge in [-0.2, -0.15) is 0 Å². The summed E-state index contributed by atoms with van der Waals surface area (Å²) in [5.41, 5.74) is 2.21. The highest BCUT2D eigenvalue weighted by atomic mass is 16.5. The summed E-state index contributed by atoms with van der Waals surface area (Å²) in [7, 11) is 0. The Hall–Kier alpha value is -1.31. The number of rotatable bonds is 0. The Morgan fingerprint density at radius 1 is 1.31 bits per heavy atom. The number of carbonyl (C=O) groups excluding carboxylic acids is 1. The van der Waals surface area contributed by atoms with Crippen molar-refractivity contribution in [3.63, 3.8) is 0 Å². The van der Waals surface area contributed by atoms with Crippen LogP contribution in [0.25, 0.3) is 0 Å². The summed E-state index contributed by atoms with van der Waals surface area (Å²) in [5, 5.41) is 0. The normalized spacial score (nSPS) is 15.9. The Balaban J connectivity index is 2.46. The summed E-state index contributed by atoms with van der Waals surface area (Å²) in [6, 6.07) is 6.01. The van der Waals surface area contributed by atoms with E-state index in [4.69, 9.17) is 4.74 Å². The molecule has 0 aliphatic carbocycles. The van der Waals surface area contributed by atoms with Crippen molar-refractivity contribution in [2.75, 3.05) is 0 Å². The van der Waals surface area contributed by atoms with Gasteiger partial charge in [0.05, 0.1) is 0 Å². The zero-order valence-corrected chi connectivity index (χ0v) is 7.67. The van der Waals surface area contributed by atoms with Gasteiger partial charge in [0.25, 0.3) is 0 Å². The minimum atomic E-state index is -0.104. The van der Waals surface area contributed by atoms with Gasteiger partial charge in [0.15, 0.2) is 0 Å². The van der Waals surface area contributed by atoms with E-state index in [2.05, 4.69) is 0 Å². The third-order valence-corrected chi connectivity index (χ3v) is 2.34. The molecule has 2 rings (SSSR count). The molecule has 1 aromatic rings. The number of carbonyl (C=O) groups is 1. The molecule has 1 aliphatic rings. The topological polar surface area (TPSA) is 26.3 Å². The van der Waals surface area contributed by atoms with Gasteiger partial charge in [-0.15, -0.1) is 0 Å². The lowest BCUT2D eigenvalue weighted by molar-refractivity contribution is -0.134.